The van der Waals surface area contributed by atoms with Crippen LogP contribution in [0.3, 0.4) is 0 Å². The van der Waals surface area contributed by atoms with Crippen LogP contribution in [0.1, 0.15) is 13.3 Å². The van der Waals surface area contributed by atoms with E-state index in [4.69, 9.17) is 16.3 Å². The summed E-state index contributed by atoms with van der Waals surface area (Å²) in [6.07, 6.45) is -1.00. The normalized spacial score (nSPS) is 13.8. The summed E-state index contributed by atoms with van der Waals surface area (Å²) in [5.41, 5.74) is 1.16. The first kappa shape index (κ1) is 23.0. The number of sulfonamides is 1. The fourth-order valence-corrected chi connectivity index (χ4v) is 4.39. The molecule has 9 nitrogen and oxygen atoms in total. The van der Waals surface area contributed by atoms with E-state index in [9.17, 15) is 23.1 Å². The van der Waals surface area contributed by atoms with Gasteiger partial charge in [0.15, 0.2) is 0 Å². The van der Waals surface area contributed by atoms with Gasteiger partial charge in [-0.05, 0) is 49.7 Å². The van der Waals surface area contributed by atoms with E-state index in [0.29, 0.717) is 23.5 Å². The van der Waals surface area contributed by atoms with E-state index in [1.807, 2.05) is 12.1 Å². The zero-order valence-electron chi connectivity index (χ0n) is 16.6. The van der Waals surface area contributed by atoms with E-state index in [2.05, 4.69) is 9.71 Å². The quantitative estimate of drug-likeness (QED) is 0.324. The zero-order valence-corrected chi connectivity index (χ0v) is 18.2. The number of esters is 1. The fraction of sp³-hybridized carbons (Fsp3) is 0.300. The van der Waals surface area contributed by atoms with Crippen molar-refractivity contribution >= 4 is 38.6 Å². The molecule has 11 heteroatoms. The lowest BCUT2D eigenvalue weighted by molar-refractivity contribution is -0.148. The monoisotopic (exact) mass is 467 g/mol. The molecule has 0 amide bonds. The highest BCUT2D eigenvalue weighted by molar-refractivity contribution is 7.89. The van der Waals surface area contributed by atoms with Crippen molar-refractivity contribution in [1.29, 1.82) is 0 Å². The van der Waals surface area contributed by atoms with Crippen LogP contribution in [0.15, 0.2) is 58.2 Å². The summed E-state index contributed by atoms with van der Waals surface area (Å²) < 4.78 is 33.8. The number of nitrogens with one attached hydrogen (secondary N) is 2. The number of hydrogen-bond donors (Lipinski definition) is 3. The van der Waals surface area contributed by atoms with Gasteiger partial charge in [-0.2, -0.15) is 4.72 Å². The van der Waals surface area contributed by atoms with Gasteiger partial charge in [-0.15, -0.1) is 0 Å². The molecule has 3 rings (SSSR count). The van der Waals surface area contributed by atoms with E-state index in [0.717, 1.165) is 5.52 Å². The van der Waals surface area contributed by atoms with Crippen LogP contribution < -0.4 is 10.4 Å². The van der Waals surface area contributed by atoms with Crippen LogP contribution in [0.4, 0.5) is 0 Å². The number of H-pyrrole nitrogens is 1. The lowest BCUT2D eigenvalue weighted by Crippen LogP contribution is -2.48. The molecule has 3 N–H and O–H groups in total. The summed E-state index contributed by atoms with van der Waals surface area (Å²) in [5.74, 6) is -0.918. The highest BCUT2D eigenvalue weighted by Crippen LogP contribution is 2.15. The Labute approximate surface area is 183 Å². The number of aryl methyl sites for hydroxylation is 1. The Balaban J connectivity index is 1.60. The second kappa shape index (κ2) is 9.65. The predicted molar refractivity (Wildman–Crippen MR) is 115 cm³/mol. The molecule has 166 valence electrons. The number of carbonyl (C=O) groups excluding carboxylic acids is 1. The Bertz CT molecular complexity index is 1220. The second-order valence-corrected chi connectivity index (χ2v) is 9.06. The number of aliphatic hydroxyl groups is 1. The Kier molecular flexibility index (Phi) is 7.16. The summed E-state index contributed by atoms with van der Waals surface area (Å²) in [7, 11) is -4.08. The van der Waals surface area contributed by atoms with Crippen LogP contribution in [-0.2, 0) is 26.1 Å². The standard InChI is InChI=1S/C20H22ClN3O6S/c1-13(25)18(23-31(28,29)15-9-7-14(21)8-10-15)19(26)30-12-4-11-24-17-6-3-2-5-16(17)22-20(24)27/h2-3,5-10,13,18,23,25H,4,11-12H2,1H3,(H,22,27)/t13-,18+/m0/s1. The maximum atomic E-state index is 12.5. The summed E-state index contributed by atoms with van der Waals surface area (Å²) in [5, 5.41) is 10.3. The SMILES string of the molecule is C[C@H](O)[C@@H](NS(=O)(=O)c1ccc(Cl)cc1)C(=O)OCCCn1c(=O)[nH]c2ccccc21. The minimum atomic E-state index is -4.08. The van der Waals surface area contributed by atoms with Crippen LogP contribution in [0, 0.1) is 0 Å². The van der Waals surface area contributed by atoms with Crippen molar-refractivity contribution in [2.75, 3.05) is 6.61 Å². The maximum Gasteiger partial charge on any atom is 0.326 e. The van der Waals surface area contributed by atoms with Crippen molar-refractivity contribution in [2.24, 2.45) is 0 Å². The van der Waals surface area contributed by atoms with Crippen molar-refractivity contribution < 1.29 is 23.1 Å². The number of imidazole rings is 1. The second-order valence-electron chi connectivity index (χ2n) is 6.91. The van der Waals surface area contributed by atoms with Crippen molar-refractivity contribution in [1.82, 2.24) is 14.3 Å². The average molecular weight is 468 g/mol. The summed E-state index contributed by atoms with van der Waals surface area (Å²) in [4.78, 5) is 27.1. The number of ether oxygens (including phenoxy) is 1. The third-order valence-electron chi connectivity index (χ3n) is 4.59. The number of rotatable bonds is 9. The molecule has 0 aliphatic rings. The Morgan fingerprint density at radius 3 is 2.58 bits per heavy atom. The molecule has 2 atom stereocenters. The molecule has 31 heavy (non-hydrogen) atoms. The molecule has 1 heterocycles. The highest BCUT2D eigenvalue weighted by atomic mass is 35.5. The Morgan fingerprint density at radius 2 is 1.90 bits per heavy atom. The molecule has 0 radical (unpaired) electrons. The van der Waals surface area contributed by atoms with Crippen LogP contribution in [0.2, 0.25) is 5.02 Å². The van der Waals surface area contributed by atoms with Gasteiger partial charge >= 0.3 is 11.7 Å². The smallest absolute Gasteiger partial charge is 0.326 e. The van der Waals surface area contributed by atoms with Gasteiger partial charge in [0.2, 0.25) is 10.0 Å². The molecule has 0 saturated carbocycles. The van der Waals surface area contributed by atoms with Gasteiger partial charge < -0.3 is 14.8 Å². The average Bonchev–Trinajstić information content (AvgIpc) is 3.04. The molecule has 0 aliphatic carbocycles. The lowest BCUT2D eigenvalue weighted by Gasteiger charge is -2.20. The number of hydrogen-bond acceptors (Lipinski definition) is 6. The molecule has 3 aromatic rings. The number of aromatic nitrogens is 2. The molecule has 1 aromatic heterocycles. The minimum absolute atomic E-state index is 0.0589. The van der Waals surface area contributed by atoms with Gasteiger partial charge in [0, 0.05) is 11.6 Å². The largest absolute Gasteiger partial charge is 0.464 e. The minimum Gasteiger partial charge on any atom is -0.464 e. The van der Waals surface area contributed by atoms with Gasteiger partial charge in [-0.3, -0.25) is 9.36 Å². The highest BCUT2D eigenvalue weighted by Gasteiger charge is 2.30. The number of benzene rings is 2. The molecular formula is C20H22ClN3O6S. The van der Waals surface area contributed by atoms with Gasteiger partial charge in [0.05, 0.1) is 28.6 Å². The van der Waals surface area contributed by atoms with Crippen LogP contribution >= 0.6 is 11.6 Å². The maximum absolute atomic E-state index is 12.5. The Hall–Kier alpha value is -2.66. The molecule has 0 aliphatic heterocycles. The van der Waals surface area contributed by atoms with Gasteiger partial charge in [-0.25, -0.2) is 13.2 Å². The lowest BCUT2D eigenvalue weighted by atomic mass is 10.2. The molecule has 2 aromatic carbocycles. The molecule has 0 fully saturated rings. The van der Waals surface area contributed by atoms with Gasteiger partial charge in [0.1, 0.15) is 6.04 Å². The first-order valence-electron chi connectivity index (χ1n) is 9.49. The number of halogens is 1. The van der Waals surface area contributed by atoms with Gasteiger partial charge in [0.25, 0.3) is 0 Å². The van der Waals surface area contributed by atoms with Crippen molar-refractivity contribution in [3.05, 3.63) is 64.0 Å². The number of aliphatic hydroxyl groups excluding tert-OH is 1. The van der Waals surface area contributed by atoms with Crippen molar-refractivity contribution in [3.63, 3.8) is 0 Å². The Morgan fingerprint density at radius 1 is 1.23 bits per heavy atom. The van der Waals surface area contributed by atoms with Crippen LogP contribution in [0.5, 0.6) is 0 Å². The summed E-state index contributed by atoms with van der Waals surface area (Å²) >= 11 is 5.77. The number of carbonyl (C=O) groups is 1. The van der Waals surface area contributed by atoms with E-state index in [1.165, 1.54) is 35.8 Å². The topological polar surface area (TPSA) is 130 Å². The predicted octanol–water partition coefficient (Wildman–Crippen LogP) is 1.64. The molecular weight excluding hydrogens is 446 g/mol. The molecule has 0 saturated heterocycles. The van der Waals surface area contributed by atoms with E-state index in [-0.39, 0.29) is 17.2 Å². The number of aromatic amines is 1. The molecule has 0 bridgehead atoms. The van der Waals surface area contributed by atoms with Crippen LogP contribution in [0.25, 0.3) is 11.0 Å². The number of nitrogens with zero attached hydrogens (tertiary/aromatic N) is 1. The third-order valence-corrected chi connectivity index (χ3v) is 6.30. The van der Waals surface area contributed by atoms with E-state index < -0.39 is 28.1 Å². The number of fused-ring (bicyclic) bond motifs is 1. The van der Waals surface area contributed by atoms with E-state index in [1.54, 1.807) is 12.1 Å². The van der Waals surface area contributed by atoms with Crippen molar-refractivity contribution in [3.8, 4) is 0 Å². The van der Waals surface area contributed by atoms with Crippen LogP contribution in [-0.4, -0.2) is 47.8 Å². The summed E-state index contributed by atoms with van der Waals surface area (Å²) in [6, 6.07) is 11.1. The first-order chi connectivity index (χ1) is 14.7. The zero-order chi connectivity index (χ0) is 22.6. The fourth-order valence-electron chi connectivity index (χ4n) is 3.01. The first-order valence-corrected chi connectivity index (χ1v) is 11.4. The number of para-hydroxylation sites is 2. The molecule has 0 unspecified atom stereocenters. The van der Waals surface area contributed by atoms with E-state index >= 15 is 0 Å². The van der Waals surface area contributed by atoms with Gasteiger partial charge in [-0.1, -0.05) is 23.7 Å². The van der Waals surface area contributed by atoms with Crippen molar-refractivity contribution in [2.45, 2.75) is 36.9 Å². The third kappa shape index (κ3) is 5.53. The molecule has 0 spiro atoms. The summed E-state index contributed by atoms with van der Waals surface area (Å²) in [6.45, 7) is 1.52.